The summed E-state index contributed by atoms with van der Waals surface area (Å²) in [6.07, 6.45) is 1.37. The summed E-state index contributed by atoms with van der Waals surface area (Å²) >= 11 is 0. The molecule has 5 nitrogen and oxygen atoms in total. The second kappa shape index (κ2) is 7.54. The van der Waals surface area contributed by atoms with E-state index in [2.05, 4.69) is 0 Å². The second-order valence-electron chi connectivity index (χ2n) is 2.61. The highest BCUT2D eigenvalue weighted by Gasteiger charge is 1.98. The predicted octanol–water partition coefficient (Wildman–Crippen LogP) is 0.733. The molecular formula is C8H14O5. The molecule has 0 rings (SSSR count). The summed E-state index contributed by atoms with van der Waals surface area (Å²) in [5.41, 5.74) is 0. The van der Waals surface area contributed by atoms with Gasteiger partial charge in [-0.25, -0.2) is 0 Å². The third kappa shape index (κ3) is 10.9. The lowest BCUT2D eigenvalue weighted by Gasteiger charge is -2.00. The van der Waals surface area contributed by atoms with E-state index in [4.69, 9.17) is 14.9 Å². The molecule has 0 saturated carbocycles. The van der Waals surface area contributed by atoms with E-state index in [9.17, 15) is 9.59 Å². The molecule has 0 aliphatic carbocycles. The van der Waals surface area contributed by atoms with Crippen LogP contribution in [-0.2, 0) is 14.3 Å². The summed E-state index contributed by atoms with van der Waals surface area (Å²) in [6, 6.07) is 0. The van der Waals surface area contributed by atoms with Gasteiger partial charge in [0.2, 0.25) is 0 Å². The van der Waals surface area contributed by atoms with Crippen LogP contribution in [0.3, 0.4) is 0 Å². The zero-order valence-corrected chi connectivity index (χ0v) is 7.36. The minimum Gasteiger partial charge on any atom is -0.481 e. The van der Waals surface area contributed by atoms with Gasteiger partial charge in [0.15, 0.2) is 0 Å². The molecule has 0 aromatic heterocycles. The quantitative estimate of drug-likeness (QED) is 0.551. The Labute approximate surface area is 76.3 Å². The number of carbonyl (C=O) groups is 2. The maximum absolute atomic E-state index is 10.1. The van der Waals surface area contributed by atoms with Crippen molar-refractivity contribution in [3.05, 3.63) is 0 Å². The number of aliphatic carboxylic acids is 2. The summed E-state index contributed by atoms with van der Waals surface area (Å²) in [4.78, 5) is 20.1. The van der Waals surface area contributed by atoms with Crippen molar-refractivity contribution in [2.75, 3.05) is 13.2 Å². The lowest BCUT2D eigenvalue weighted by atomic mass is 10.2. The van der Waals surface area contributed by atoms with E-state index in [1.807, 2.05) is 0 Å². The van der Waals surface area contributed by atoms with Gasteiger partial charge in [-0.1, -0.05) is 0 Å². The largest absolute Gasteiger partial charge is 0.481 e. The zero-order chi connectivity index (χ0) is 10.1. The van der Waals surface area contributed by atoms with Gasteiger partial charge in [-0.2, -0.15) is 0 Å². The van der Waals surface area contributed by atoms with Crippen LogP contribution in [0.15, 0.2) is 0 Å². The van der Waals surface area contributed by atoms with Gasteiger partial charge in [0.25, 0.3) is 0 Å². The number of hydrogen-bond donors (Lipinski definition) is 2. The summed E-state index contributed by atoms with van der Waals surface area (Å²) < 4.78 is 4.95. The summed E-state index contributed by atoms with van der Waals surface area (Å²) in [7, 11) is 0. The Balaban J connectivity index is 3.00. The normalized spacial score (nSPS) is 9.85. The minimum absolute atomic E-state index is 0.00106. The van der Waals surface area contributed by atoms with Crippen molar-refractivity contribution in [1.29, 1.82) is 0 Å². The molecule has 0 amide bonds. The lowest BCUT2D eigenvalue weighted by molar-refractivity contribution is -0.138. The maximum Gasteiger partial charge on any atom is 0.305 e. The maximum atomic E-state index is 10.1. The molecule has 0 aliphatic heterocycles. The molecule has 5 heteroatoms. The van der Waals surface area contributed by atoms with Crippen molar-refractivity contribution in [2.45, 2.75) is 25.7 Å². The zero-order valence-electron chi connectivity index (χ0n) is 7.36. The third-order valence-electron chi connectivity index (χ3n) is 1.39. The topological polar surface area (TPSA) is 83.8 Å². The SMILES string of the molecule is O=C(O)CCCCOCCC(=O)O. The number of hydrogen-bond acceptors (Lipinski definition) is 3. The molecule has 0 unspecified atom stereocenters. The van der Waals surface area contributed by atoms with Gasteiger partial charge >= 0.3 is 11.9 Å². The number of ether oxygens (including phenoxy) is 1. The van der Waals surface area contributed by atoms with Crippen molar-refractivity contribution in [2.24, 2.45) is 0 Å². The first-order chi connectivity index (χ1) is 6.13. The Morgan fingerprint density at radius 1 is 0.923 bits per heavy atom. The molecular weight excluding hydrogens is 176 g/mol. The van der Waals surface area contributed by atoms with Crippen molar-refractivity contribution in [3.63, 3.8) is 0 Å². The van der Waals surface area contributed by atoms with Crippen LogP contribution in [0.2, 0.25) is 0 Å². The Bertz CT molecular complexity index is 148. The fraction of sp³-hybridized carbons (Fsp3) is 0.750. The van der Waals surface area contributed by atoms with Crippen LogP contribution in [-0.4, -0.2) is 35.4 Å². The molecule has 0 aliphatic rings. The first-order valence-corrected chi connectivity index (χ1v) is 4.14. The average Bonchev–Trinajstić information content (AvgIpc) is 2.01. The van der Waals surface area contributed by atoms with Crippen molar-refractivity contribution in [3.8, 4) is 0 Å². The van der Waals surface area contributed by atoms with Crippen molar-refractivity contribution >= 4 is 11.9 Å². The molecule has 0 heterocycles. The Kier molecular flexibility index (Phi) is 6.91. The molecule has 0 spiro atoms. The van der Waals surface area contributed by atoms with Gasteiger partial charge in [0.1, 0.15) is 0 Å². The molecule has 0 saturated heterocycles. The van der Waals surface area contributed by atoms with Crippen LogP contribution in [0.4, 0.5) is 0 Å². The van der Waals surface area contributed by atoms with Crippen LogP contribution in [0.25, 0.3) is 0 Å². The molecule has 0 radical (unpaired) electrons. The number of carboxylic acids is 2. The highest BCUT2D eigenvalue weighted by atomic mass is 16.5. The highest BCUT2D eigenvalue weighted by Crippen LogP contribution is 1.96. The minimum atomic E-state index is -0.884. The predicted molar refractivity (Wildman–Crippen MR) is 44.6 cm³/mol. The number of unbranched alkanes of at least 4 members (excludes halogenated alkanes) is 1. The standard InChI is InChI=1S/C8H14O5/c9-7(10)3-1-2-5-13-6-4-8(11)12/h1-6H2,(H,9,10)(H,11,12). The fourth-order valence-electron chi connectivity index (χ4n) is 0.742. The van der Waals surface area contributed by atoms with E-state index in [1.54, 1.807) is 0 Å². The first kappa shape index (κ1) is 11.9. The van der Waals surface area contributed by atoms with Gasteiger partial charge in [-0.3, -0.25) is 9.59 Å². The van der Waals surface area contributed by atoms with Crippen LogP contribution in [0, 0.1) is 0 Å². The Hall–Kier alpha value is -1.10. The molecule has 0 aromatic carbocycles. The van der Waals surface area contributed by atoms with Crippen molar-refractivity contribution in [1.82, 2.24) is 0 Å². The van der Waals surface area contributed by atoms with E-state index in [0.717, 1.165) is 0 Å². The van der Waals surface area contributed by atoms with Gasteiger partial charge in [-0.05, 0) is 12.8 Å². The molecule has 0 aromatic rings. The number of rotatable bonds is 8. The molecule has 0 fully saturated rings. The van der Waals surface area contributed by atoms with E-state index in [1.165, 1.54) is 0 Å². The smallest absolute Gasteiger partial charge is 0.305 e. The molecule has 2 N–H and O–H groups in total. The Morgan fingerprint density at radius 2 is 1.54 bits per heavy atom. The molecule has 76 valence electrons. The fourth-order valence-corrected chi connectivity index (χ4v) is 0.742. The summed E-state index contributed by atoms with van der Waals surface area (Å²) in [6.45, 7) is 0.628. The van der Waals surface area contributed by atoms with E-state index in [-0.39, 0.29) is 19.4 Å². The monoisotopic (exact) mass is 190 g/mol. The highest BCUT2D eigenvalue weighted by molar-refractivity contribution is 5.66. The van der Waals surface area contributed by atoms with Crippen LogP contribution < -0.4 is 0 Å². The average molecular weight is 190 g/mol. The molecule has 0 atom stereocenters. The third-order valence-corrected chi connectivity index (χ3v) is 1.39. The van der Waals surface area contributed by atoms with Gasteiger partial charge in [0, 0.05) is 13.0 Å². The van der Waals surface area contributed by atoms with Crippen LogP contribution in [0.1, 0.15) is 25.7 Å². The number of carboxylic acid groups (broad SMARTS) is 2. The van der Waals surface area contributed by atoms with E-state index in [0.29, 0.717) is 19.4 Å². The second-order valence-corrected chi connectivity index (χ2v) is 2.61. The Morgan fingerprint density at radius 3 is 2.08 bits per heavy atom. The van der Waals surface area contributed by atoms with E-state index < -0.39 is 11.9 Å². The summed E-state index contributed by atoms with van der Waals surface area (Å²) in [5.74, 6) is -1.70. The molecule has 13 heavy (non-hydrogen) atoms. The lowest BCUT2D eigenvalue weighted by Crippen LogP contribution is -2.04. The van der Waals surface area contributed by atoms with Crippen LogP contribution in [0.5, 0.6) is 0 Å². The van der Waals surface area contributed by atoms with E-state index >= 15 is 0 Å². The summed E-state index contributed by atoms with van der Waals surface area (Å²) in [5, 5.41) is 16.5. The van der Waals surface area contributed by atoms with Gasteiger partial charge < -0.3 is 14.9 Å². The van der Waals surface area contributed by atoms with Crippen molar-refractivity contribution < 1.29 is 24.5 Å². The first-order valence-electron chi connectivity index (χ1n) is 4.14. The van der Waals surface area contributed by atoms with Gasteiger partial charge in [-0.15, -0.1) is 0 Å². The molecule has 0 bridgehead atoms. The van der Waals surface area contributed by atoms with Crippen LogP contribution >= 0.6 is 0 Å². The van der Waals surface area contributed by atoms with Gasteiger partial charge in [0.05, 0.1) is 13.0 Å².